The molecule has 0 unspecified atom stereocenters. The Bertz CT molecular complexity index is 869. The molecule has 1 aromatic rings. The summed E-state index contributed by atoms with van der Waals surface area (Å²) in [5.41, 5.74) is -0.218. The Hall–Kier alpha value is -2.67. The van der Waals surface area contributed by atoms with Gasteiger partial charge in [-0.2, -0.15) is 5.26 Å². The molecule has 1 amide bonds. The van der Waals surface area contributed by atoms with Gasteiger partial charge >= 0.3 is 0 Å². The van der Waals surface area contributed by atoms with Crippen molar-refractivity contribution in [2.75, 3.05) is 6.54 Å². The number of carbonyl (C=O) groups is 2. The summed E-state index contributed by atoms with van der Waals surface area (Å²) in [4.78, 5) is 28.3. The van der Waals surface area contributed by atoms with Gasteiger partial charge in [0, 0.05) is 12.6 Å². The second-order valence-electron chi connectivity index (χ2n) is 7.60. The summed E-state index contributed by atoms with van der Waals surface area (Å²) in [6, 6.07) is 11.8. The van der Waals surface area contributed by atoms with Crippen LogP contribution in [0.3, 0.4) is 0 Å². The van der Waals surface area contributed by atoms with Crippen LogP contribution in [0.2, 0.25) is 0 Å². The van der Waals surface area contributed by atoms with E-state index in [0.717, 1.165) is 24.0 Å². The lowest BCUT2D eigenvalue weighted by molar-refractivity contribution is -0.136. The number of ketones is 1. The van der Waals surface area contributed by atoms with Crippen molar-refractivity contribution in [3.63, 3.8) is 0 Å². The lowest BCUT2D eigenvalue weighted by Gasteiger charge is -2.48. The quantitative estimate of drug-likeness (QED) is 0.782. The Morgan fingerprint density at radius 3 is 2.44 bits per heavy atom. The second kappa shape index (κ2) is 5.16. The summed E-state index contributed by atoms with van der Waals surface area (Å²) in [6.07, 6.45) is 5.70. The Labute approximate surface area is 147 Å². The molecule has 1 heterocycles. The van der Waals surface area contributed by atoms with Crippen LogP contribution in [-0.2, 0) is 15.0 Å². The highest BCUT2D eigenvalue weighted by atomic mass is 16.2. The molecule has 126 valence electrons. The first-order valence-electron chi connectivity index (χ1n) is 8.68. The fourth-order valence-electron chi connectivity index (χ4n) is 4.25. The van der Waals surface area contributed by atoms with Gasteiger partial charge in [-0.1, -0.05) is 36.4 Å². The number of nitrogens with zero attached hydrogens (tertiary/aromatic N) is 2. The Morgan fingerprint density at radius 1 is 1.16 bits per heavy atom. The monoisotopic (exact) mass is 332 g/mol. The van der Waals surface area contributed by atoms with Crippen molar-refractivity contribution in [1.29, 1.82) is 5.26 Å². The Balaban J connectivity index is 2.03. The van der Waals surface area contributed by atoms with E-state index in [4.69, 9.17) is 0 Å². The van der Waals surface area contributed by atoms with Gasteiger partial charge in [-0.3, -0.25) is 9.59 Å². The zero-order valence-corrected chi connectivity index (χ0v) is 14.5. The van der Waals surface area contributed by atoms with Crippen molar-refractivity contribution >= 4 is 11.7 Å². The number of benzene rings is 1. The van der Waals surface area contributed by atoms with E-state index in [9.17, 15) is 14.9 Å². The average Bonchev–Trinajstić information content (AvgIpc) is 3.45. The van der Waals surface area contributed by atoms with Gasteiger partial charge in [-0.05, 0) is 43.9 Å². The van der Waals surface area contributed by atoms with Gasteiger partial charge in [0.25, 0.3) is 0 Å². The molecule has 0 bridgehead atoms. The van der Waals surface area contributed by atoms with Crippen molar-refractivity contribution in [1.82, 2.24) is 4.90 Å². The number of hydrogen-bond acceptors (Lipinski definition) is 3. The topological polar surface area (TPSA) is 61.2 Å². The van der Waals surface area contributed by atoms with Crippen LogP contribution >= 0.6 is 0 Å². The molecule has 4 nitrogen and oxygen atoms in total. The van der Waals surface area contributed by atoms with Gasteiger partial charge in [0.1, 0.15) is 11.5 Å². The van der Waals surface area contributed by atoms with Crippen molar-refractivity contribution in [3.8, 4) is 6.07 Å². The van der Waals surface area contributed by atoms with Crippen molar-refractivity contribution in [2.24, 2.45) is 5.41 Å². The molecule has 0 radical (unpaired) electrons. The number of rotatable bonds is 2. The maximum atomic E-state index is 13.6. The van der Waals surface area contributed by atoms with Gasteiger partial charge in [-0.25, -0.2) is 0 Å². The number of hydrogen-bond donors (Lipinski definition) is 0. The average molecular weight is 332 g/mol. The highest BCUT2D eigenvalue weighted by molar-refractivity contribution is 6.11. The van der Waals surface area contributed by atoms with E-state index < -0.39 is 10.8 Å². The first kappa shape index (κ1) is 15.8. The van der Waals surface area contributed by atoms with E-state index in [0.29, 0.717) is 6.54 Å². The summed E-state index contributed by atoms with van der Waals surface area (Å²) in [7, 11) is 0. The van der Waals surface area contributed by atoms with Crippen LogP contribution in [-0.4, -0.2) is 29.2 Å². The summed E-state index contributed by atoms with van der Waals surface area (Å²) in [5, 5.41) is 9.54. The molecule has 4 heteroatoms. The largest absolute Gasteiger partial charge is 0.335 e. The van der Waals surface area contributed by atoms with Gasteiger partial charge in [0.15, 0.2) is 5.78 Å². The standard InChI is InChI=1S/C21H20N2O2/c1-20(2)17-10-11-23(16-8-9-16)19(25)21(17,12-14(13-22)18(20)24)15-6-4-3-5-7-15/h3-7,10,12,16H,8-9,11H2,1-2H3/t21-/m1/s1. The Kier molecular flexibility index (Phi) is 3.27. The molecule has 1 atom stereocenters. The minimum Gasteiger partial charge on any atom is -0.335 e. The summed E-state index contributed by atoms with van der Waals surface area (Å²) >= 11 is 0. The minimum atomic E-state index is -1.05. The summed E-state index contributed by atoms with van der Waals surface area (Å²) in [6.45, 7) is 4.19. The molecule has 25 heavy (non-hydrogen) atoms. The predicted octanol–water partition coefficient (Wildman–Crippen LogP) is 2.91. The fraction of sp³-hybridized carbons (Fsp3) is 0.381. The smallest absolute Gasteiger partial charge is 0.241 e. The molecule has 0 aromatic heterocycles. The predicted molar refractivity (Wildman–Crippen MR) is 93.4 cm³/mol. The molecule has 0 spiro atoms. The zero-order chi connectivity index (χ0) is 17.8. The van der Waals surface area contributed by atoms with Crippen molar-refractivity contribution in [2.45, 2.75) is 38.1 Å². The molecule has 1 saturated carbocycles. The molecule has 0 N–H and O–H groups in total. The molecule has 4 rings (SSSR count). The SMILES string of the molecule is CC1(C)C(=O)C(C#N)=C[C@]2(c3ccccc3)C(=O)N(C3CC3)CC=C12. The van der Waals surface area contributed by atoms with Gasteiger partial charge in [-0.15, -0.1) is 0 Å². The van der Waals surface area contributed by atoms with Crippen molar-refractivity contribution < 1.29 is 9.59 Å². The highest BCUT2D eigenvalue weighted by Crippen LogP contribution is 2.52. The highest BCUT2D eigenvalue weighted by Gasteiger charge is 2.58. The number of carbonyl (C=O) groups excluding carboxylic acids is 2. The van der Waals surface area contributed by atoms with Crippen LogP contribution < -0.4 is 0 Å². The van der Waals surface area contributed by atoms with E-state index in [-0.39, 0.29) is 23.3 Å². The number of allylic oxidation sites excluding steroid dienone is 1. The van der Waals surface area contributed by atoms with Crippen LogP contribution in [0, 0.1) is 16.7 Å². The maximum absolute atomic E-state index is 13.6. The summed E-state index contributed by atoms with van der Waals surface area (Å²) < 4.78 is 0. The third-order valence-electron chi connectivity index (χ3n) is 5.70. The van der Waals surface area contributed by atoms with E-state index in [1.165, 1.54) is 0 Å². The van der Waals surface area contributed by atoms with Crippen LogP contribution in [0.25, 0.3) is 0 Å². The van der Waals surface area contributed by atoms with Crippen molar-refractivity contribution in [3.05, 3.63) is 59.2 Å². The summed E-state index contributed by atoms with van der Waals surface area (Å²) in [5.74, 6) is -0.215. The van der Waals surface area contributed by atoms with E-state index >= 15 is 0 Å². The molecule has 3 aliphatic rings. The van der Waals surface area contributed by atoms with E-state index in [1.54, 1.807) is 6.08 Å². The third kappa shape index (κ3) is 2.05. The number of Topliss-reactive ketones (excluding diaryl/α,β-unsaturated/α-hetero) is 1. The van der Waals surface area contributed by atoms with Crippen LogP contribution in [0.5, 0.6) is 0 Å². The van der Waals surface area contributed by atoms with Crippen LogP contribution in [0.4, 0.5) is 0 Å². The van der Waals surface area contributed by atoms with Crippen LogP contribution in [0.15, 0.2) is 53.6 Å². The van der Waals surface area contributed by atoms with E-state index in [1.807, 2.05) is 61.2 Å². The molecule has 1 aliphatic heterocycles. The number of fused-ring (bicyclic) bond motifs is 1. The van der Waals surface area contributed by atoms with E-state index in [2.05, 4.69) is 0 Å². The minimum absolute atomic E-state index is 0.00738. The Morgan fingerprint density at radius 2 is 1.84 bits per heavy atom. The van der Waals surface area contributed by atoms with Gasteiger partial charge in [0.2, 0.25) is 5.91 Å². The van der Waals surface area contributed by atoms with Gasteiger partial charge in [0.05, 0.1) is 11.0 Å². The lowest BCUT2D eigenvalue weighted by Crippen LogP contribution is -2.57. The first-order chi connectivity index (χ1) is 11.9. The molecular weight excluding hydrogens is 312 g/mol. The number of amides is 1. The fourth-order valence-corrected chi connectivity index (χ4v) is 4.25. The second-order valence-corrected chi connectivity index (χ2v) is 7.60. The number of nitriles is 1. The van der Waals surface area contributed by atoms with Gasteiger partial charge < -0.3 is 4.90 Å². The lowest BCUT2D eigenvalue weighted by atomic mass is 9.56. The van der Waals surface area contributed by atoms with Crippen LogP contribution in [0.1, 0.15) is 32.3 Å². The first-order valence-corrected chi connectivity index (χ1v) is 8.68. The molecule has 2 aliphatic carbocycles. The molecular formula is C21H20N2O2. The maximum Gasteiger partial charge on any atom is 0.241 e. The third-order valence-corrected chi connectivity index (χ3v) is 5.70. The zero-order valence-electron chi connectivity index (χ0n) is 14.5. The molecule has 1 aromatic carbocycles. The normalized spacial score (nSPS) is 28.0. The molecule has 1 fully saturated rings. The molecule has 0 saturated heterocycles.